The van der Waals surface area contributed by atoms with Crippen LogP contribution in [0.3, 0.4) is 0 Å². The highest BCUT2D eigenvalue weighted by Crippen LogP contribution is 2.16. The molecule has 1 amide bonds. The largest absolute Gasteiger partial charge is 0.350 e. The Morgan fingerprint density at radius 3 is 2.62 bits per heavy atom. The molecule has 0 spiro atoms. The Labute approximate surface area is 110 Å². The van der Waals surface area contributed by atoms with E-state index in [0.29, 0.717) is 16.8 Å². The number of halogens is 2. The van der Waals surface area contributed by atoms with Crippen LogP contribution in [-0.4, -0.2) is 16.8 Å². The molecule has 2 nitrogen and oxygen atoms in total. The Balaban J connectivity index is 2.62. The van der Waals surface area contributed by atoms with Crippen molar-refractivity contribution in [1.82, 2.24) is 5.32 Å². The molecule has 1 rings (SSSR count). The van der Waals surface area contributed by atoms with Gasteiger partial charge in [-0.2, -0.15) is 0 Å². The lowest BCUT2D eigenvalue weighted by Crippen LogP contribution is -2.45. The van der Waals surface area contributed by atoms with Gasteiger partial charge in [-0.05, 0) is 25.5 Å². The Hall–Kier alpha value is -0.540. The number of rotatable bonds is 4. The van der Waals surface area contributed by atoms with E-state index in [0.717, 1.165) is 5.56 Å². The van der Waals surface area contributed by atoms with Gasteiger partial charge in [-0.1, -0.05) is 45.7 Å². The van der Waals surface area contributed by atoms with Gasteiger partial charge in [0.1, 0.15) is 0 Å². The first kappa shape index (κ1) is 13.5. The second-order valence-electron chi connectivity index (χ2n) is 4.33. The molecule has 0 unspecified atom stereocenters. The van der Waals surface area contributed by atoms with Crippen molar-refractivity contribution in [3.05, 3.63) is 34.9 Å². The van der Waals surface area contributed by atoms with Crippen molar-refractivity contribution in [3.63, 3.8) is 0 Å². The highest BCUT2D eigenvalue weighted by atomic mass is 79.9. The van der Waals surface area contributed by atoms with Crippen LogP contribution in [0.2, 0.25) is 5.02 Å². The fourth-order valence-corrected chi connectivity index (χ4v) is 1.61. The maximum absolute atomic E-state index is 11.7. The van der Waals surface area contributed by atoms with E-state index >= 15 is 0 Å². The third kappa shape index (κ3) is 4.14. The minimum Gasteiger partial charge on any atom is -0.350 e. The number of hydrogen-bond acceptors (Lipinski definition) is 1. The number of carbonyl (C=O) groups is 1. The first-order valence-corrected chi connectivity index (χ1v) is 6.55. The van der Waals surface area contributed by atoms with Crippen LogP contribution in [0.15, 0.2) is 24.3 Å². The summed E-state index contributed by atoms with van der Waals surface area (Å²) < 4.78 is 0. The van der Waals surface area contributed by atoms with Crippen LogP contribution in [-0.2, 0) is 11.2 Å². The van der Waals surface area contributed by atoms with Crippen LogP contribution in [0, 0.1) is 0 Å². The minimum absolute atomic E-state index is 0.0162. The van der Waals surface area contributed by atoms with Crippen LogP contribution in [0.1, 0.15) is 19.4 Å². The molecule has 0 saturated heterocycles. The molecule has 0 bridgehead atoms. The van der Waals surface area contributed by atoms with Gasteiger partial charge < -0.3 is 5.32 Å². The molecular weight excluding hydrogens is 289 g/mol. The summed E-state index contributed by atoms with van der Waals surface area (Å²) in [4.78, 5) is 11.7. The highest BCUT2D eigenvalue weighted by molar-refractivity contribution is 9.09. The monoisotopic (exact) mass is 303 g/mol. The zero-order valence-corrected chi connectivity index (χ0v) is 11.7. The van der Waals surface area contributed by atoms with Crippen molar-refractivity contribution in [2.24, 2.45) is 0 Å². The van der Waals surface area contributed by atoms with Crippen molar-refractivity contribution in [3.8, 4) is 0 Å². The first-order chi connectivity index (χ1) is 7.44. The molecule has 0 aliphatic carbocycles. The van der Waals surface area contributed by atoms with Crippen LogP contribution in [0.25, 0.3) is 0 Å². The summed E-state index contributed by atoms with van der Waals surface area (Å²) in [6.45, 7) is 3.93. The quantitative estimate of drug-likeness (QED) is 0.851. The number of benzene rings is 1. The zero-order valence-electron chi connectivity index (χ0n) is 9.39. The molecule has 88 valence electrons. The van der Waals surface area contributed by atoms with Gasteiger partial charge in [0, 0.05) is 15.9 Å². The zero-order chi connectivity index (χ0) is 12.2. The summed E-state index contributed by atoms with van der Waals surface area (Å²) in [6, 6.07) is 7.39. The Morgan fingerprint density at radius 1 is 1.44 bits per heavy atom. The van der Waals surface area contributed by atoms with Crippen molar-refractivity contribution in [2.45, 2.75) is 25.8 Å². The minimum atomic E-state index is -0.238. The third-order valence-corrected chi connectivity index (χ3v) is 3.89. The van der Waals surface area contributed by atoms with Crippen molar-refractivity contribution < 1.29 is 4.79 Å². The number of nitrogens with one attached hydrogen (secondary N) is 1. The lowest BCUT2D eigenvalue weighted by Gasteiger charge is -2.23. The van der Waals surface area contributed by atoms with Gasteiger partial charge in [-0.3, -0.25) is 4.79 Å². The van der Waals surface area contributed by atoms with Crippen LogP contribution in [0.5, 0.6) is 0 Å². The van der Waals surface area contributed by atoms with E-state index in [9.17, 15) is 4.79 Å². The molecule has 16 heavy (non-hydrogen) atoms. The molecule has 0 aromatic heterocycles. The lowest BCUT2D eigenvalue weighted by atomic mass is 10.1. The van der Waals surface area contributed by atoms with Crippen LogP contribution < -0.4 is 5.32 Å². The van der Waals surface area contributed by atoms with Gasteiger partial charge in [-0.15, -0.1) is 0 Å². The van der Waals surface area contributed by atoms with Gasteiger partial charge in [0.15, 0.2) is 0 Å². The van der Waals surface area contributed by atoms with Crippen molar-refractivity contribution >= 4 is 33.4 Å². The maximum atomic E-state index is 11.7. The fraction of sp³-hybridized carbons (Fsp3) is 0.417. The Bertz CT molecular complexity index is 379. The maximum Gasteiger partial charge on any atom is 0.224 e. The van der Waals surface area contributed by atoms with Gasteiger partial charge in [0.2, 0.25) is 5.91 Å². The first-order valence-electron chi connectivity index (χ1n) is 5.05. The van der Waals surface area contributed by atoms with Crippen molar-refractivity contribution in [2.75, 3.05) is 5.33 Å². The van der Waals surface area contributed by atoms with E-state index in [1.165, 1.54) is 0 Å². The van der Waals surface area contributed by atoms with Gasteiger partial charge in [0.25, 0.3) is 0 Å². The van der Waals surface area contributed by atoms with Crippen molar-refractivity contribution in [1.29, 1.82) is 0 Å². The SMILES string of the molecule is CC(C)(CBr)NC(=O)Cc1ccccc1Cl. The van der Waals surface area contributed by atoms with E-state index < -0.39 is 0 Å². The molecule has 0 fully saturated rings. The van der Waals surface area contributed by atoms with E-state index in [-0.39, 0.29) is 11.4 Å². The second-order valence-corrected chi connectivity index (χ2v) is 5.30. The summed E-state index contributed by atoms with van der Waals surface area (Å²) in [5, 5.41) is 4.29. The van der Waals surface area contributed by atoms with E-state index in [1.807, 2.05) is 32.0 Å². The average molecular weight is 305 g/mol. The fourth-order valence-electron chi connectivity index (χ4n) is 1.27. The Morgan fingerprint density at radius 2 is 2.06 bits per heavy atom. The number of amides is 1. The summed E-state index contributed by atoms with van der Waals surface area (Å²) >= 11 is 9.34. The van der Waals surface area contributed by atoms with Gasteiger partial charge in [0.05, 0.1) is 6.42 Å². The number of hydrogen-bond donors (Lipinski definition) is 1. The molecule has 1 aromatic rings. The smallest absolute Gasteiger partial charge is 0.224 e. The standard InChI is InChI=1S/C12H15BrClNO/c1-12(2,8-13)15-11(16)7-9-5-3-4-6-10(9)14/h3-6H,7-8H2,1-2H3,(H,15,16). The molecule has 4 heteroatoms. The lowest BCUT2D eigenvalue weighted by molar-refractivity contribution is -0.121. The highest BCUT2D eigenvalue weighted by Gasteiger charge is 2.19. The topological polar surface area (TPSA) is 29.1 Å². The van der Waals surface area contributed by atoms with E-state index in [2.05, 4.69) is 21.2 Å². The molecule has 0 atom stereocenters. The second kappa shape index (κ2) is 5.69. The molecule has 0 aliphatic heterocycles. The van der Waals surface area contributed by atoms with Crippen LogP contribution >= 0.6 is 27.5 Å². The molecular formula is C12H15BrClNO. The van der Waals surface area contributed by atoms with E-state index in [4.69, 9.17) is 11.6 Å². The summed E-state index contributed by atoms with van der Waals surface area (Å²) in [7, 11) is 0. The number of alkyl halides is 1. The predicted octanol–water partition coefficient (Wildman–Crippen LogP) is 3.17. The predicted molar refractivity (Wildman–Crippen MR) is 71.2 cm³/mol. The Kier molecular flexibility index (Phi) is 4.81. The van der Waals surface area contributed by atoms with Gasteiger partial charge in [-0.25, -0.2) is 0 Å². The summed E-state index contributed by atoms with van der Waals surface area (Å²) in [5.41, 5.74) is 0.616. The molecule has 0 radical (unpaired) electrons. The van der Waals surface area contributed by atoms with Crippen LogP contribution in [0.4, 0.5) is 0 Å². The summed E-state index contributed by atoms with van der Waals surface area (Å²) in [6.07, 6.45) is 0.316. The van der Waals surface area contributed by atoms with Gasteiger partial charge >= 0.3 is 0 Å². The normalized spacial score (nSPS) is 11.2. The average Bonchev–Trinajstić information content (AvgIpc) is 2.21. The molecule has 1 N–H and O–H groups in total. The summed E-state index contributed by atoms with van der Waals surface area (Å²) in [5.74, 6) is -0.0162. The third-order valence-electron chi connectivity index (χ3n) is 2.12. The molecule has 1 aromatic carbocycles. The molecule has 0 aliphatic rings. The molecule has 0 heterocycles. The van der Waals surface area contributed by atoms with E-state index in [1.54, 1.807) is 6.07 Å². The number of carbonyl (C=O) groups excluding carboxylic acids is 1. The molecule has 0 saturated carbocycles.